The maximum absolute atomic E-state index is 15.0. The standard InChI is InChI=1S/C22H25FN/c1-13(2)17-7-8-19-18(12-17)9-10-24(6)22(19)20-16(5)14(3)11-15(4)21(20)23/h7-13H,1-6H3/q+1. The van der Waals surface area contributed by atoms with Crippen LogP contribution in [0.4, 0.5) is 4.39 Å². The number of nitrogens with zero attached hydrogens (tertiary/aromatic N) is 1. The number of halogens is 1. The fourth-order valence-corrected chi connectivity index (χ4v) is 3.40. The molecule has 1 nitrogen and oxygen atoms in total. The lowest BCUT2D eigenvalue weighted by Crippen LogP contribution is -2.31. The van der Waals surface area contributed by atoms with E-state index in [0.29, 0.717) is 11.5 Å². The number of aromatic nitrogens is 1. The molecule has 124 valence electrons. The van der Waals surface area contributed by atoms with Gasteiger partial charge in [0.05, 0.1) is 10.9 Å². The van der Waals surface area contributed by atoms with Crippen molar-refractivity contribution in [1.29, 1.82) is 0 Å². The topological polar surface area (TPSA) is 3.88 Å². The van der Waals surface area contributed by atoms with Crippen LogP contribution in [0.2, 0.25) is 0 Å². The largest absolute Gasteiger partial charge is 0.223 e. The number of hydrogen-bond acceptors (Lipinski definition) is 0. The van der Waals surface area contributed by atoms with Crippen LogP contribution in [0.15, 0.2) is 36.5 Å². The molecule has 1 aromatic heterocycles. The highest BCUT2D eigenvalue weighted by molar-refractivity contribution is 5.94. The Balaban J connectivity index is 2.41. The molecule has 0 saturated carbocycles. The van der Waals surface area contributed by atoms with Gasteiger partial charge in [-0.15, -0.1) is 0 Å². The number of hydrogen-bond donors (Lipinski definition) is 0. The third-order valence-electron chi connectivity index (χ3n) is 5.03. The fraction of sp³-hybridized carbons (Fsp3) is 0.318. The van der Waals surface area contributed by atoms with Gasteiger partial charge in [0, 0.05) is 6.07 Å². The van der Waals surface area contributed by atoms with Crippen molar-refractivity contribution in [3.63, 3.8) is 0 Å². The van der Waals surface area contributed by atoms with Gasteiger partial charge in [-0.2, -0.15) is 0 Å². The Labute approximate surface area is 143 Å². The van der Waals surface area contributed by atoms with Crippen LogP contribution in [0.3, 0.4) is 0 Å². The molecule has 0 amide bonds. The summed E-state index contributed by atoms with van der Waals surface area (Å²) in [5.74, 6) is 0.362. The first kappa shape index (κ1) is 16.6. The minimum Gasteiger partial charge on any atom is -0.206 e. The van der Waals surface area contributed by atoms with E-state index in [0.717, 1.165) is 33.2 Å². The molecule has 24 heavy (non-hydrogen) atoms. The van der Waals surface area contributed by atoms with Crippen molar-refractivity contribution in [1.82, 2.24) is 0 Å². The monoisotopic (exact) mass is 322 g/mol. The summed E-state index contributed by atoms with van der Waals surface area (Å²) in [4.78, 5) is 0. The quantitative estimate of drug-likeness (QED) is 0.547. The van der Waals surface area contributed by atoms with E-state index in [4.69, 9.17) is 0 Å². The van der Waals surface area contributed by atoms with Crippen molar-refractivity contribution in [2.45, 2.75) is 40.5 Å². The first-order chi connectivity index (χ1) is 11.3. The van der Waals surface area contributed by atoms with Crippen molar-refractivity contribution in [2.24, 2.45) is 7.05 Å². The minimum atomic E-state index is -0.117. The zero-order valence-corrected chi connectivity index (χ0v) is 15.4. The molecule has 0 N–H and O–H groups in total. The summed E-state index contributed by atoms with van der Waals surface area (Å²) < 4.78 is 17.1. The van der Waals surface area contributed by atoms with Crippen LogP contribution in [0.25, 0.3) is 22.0 Å². The van der Waals surface area contributed by atoms with Gasteiger partial charge < -0.3 is 0 Å². The van der Waals surface area contributed by atoms with Crippen molar-refractivity contribution in [3.05, 3.63) is 64.6 Å². The molecular weight excluding hydrogens is 297 g/mol. The van der Waals surface area contributed by atoms with Crippen molar-refractivity contribution in [2.75, 3.05) is 0 Å². The smallest absolute Gasteiger partial charge is 0.206 e. The molecular formula is C22H25FN+. The highest BCUT2D eigenvalue weighted by Gasteiger charge is 2.23. The first-order valence-electron chi connectivity index (χ1n) is 8.50. The van der Waals surface area contributed by atoms with Crippen LogP contribution in [-0.4, -0.2) is 0 Å². The zero-order chi connectivity index (χ0) is 17.6. The second kappa shape index (κ2) is 6.01. The Bertz CT molecular complexity index is 912. The maximum atomic E-state index is 15.0. The number of benzene rings is 2. The van der Waals surface area contributed by atoms with Gasteiger partial charge >= 0.3 is 0 Å². The van der Waals surface area contributed by atoms with E-state index in [-0.39, 0.29) is 5.82 Å². The molecule has 3 rings (SSSR count). The molecule has 0 aliphatic heterocycles. The van der Waals surface area contributed by atoms with Gasteiger partial charge in [-0.05, 0) is 60.4 Å². The normalized spacial score (nSPS) is 11.5. The van der Waals surface area contributed by atoms with Gasteiger partial charge in [-0.25, -0.2) is 8.96 Å². The van der Waals surface area contributed by atoms with Crippen LogP contribution >= 0.6 is 0 Å². The SMILES string of the molecule is Cc1cc(C)c(F)c(-c2c3ccc(C(C)C)cc3cc[n+]2C)c1C. The summed E-state index contributed by atoms with van der Waals surface area (Å²) in [6, 6.07) is 10.6. The van der Waals surface area contributed by atoms with E-state index in [1.807, 2.05) is 44.6 Å². The molecule has 0 spiro atoms. The van der Waals surface area contributed by atoms with Gasteiger partial charge in [0.15, 0.2) is 6.20 Å². The summed E-state index contributed by atoms with van der Waals surface area (Å²) in [5.41, 5.74) is 5.81. The fourth-order valence-electron chi connectivity index (χ4n) is 3.40. The van der Waals surface area contributed by atoms with Crippen LogP contribution in [-0.2, 0) is 7.05 Å². The predicted octanol–water partition coefficient (Wildman–Crippen LogP) is 5.52. The van der Waals surface area contributed by atoms with Crippen LogP contribution in [0.1, 0.15) is 42.0 Å². The molecule has 0 saturated heterocycles. The number of fused-ring (bicyclic) bond motifs is 1. The highest BCUT2D eigenvalue weighted by atomic mass is 19.1. The Morgan fingerprint density at radius 2 is 1.67 bits per heavy atom. The van der Waals surface area contributed by atoms with Gasteiger partial charge in [0.1, 0.15) is 12.9 Å². The molecule has 1 heterocycles. The van der Waals surface area contributed by atoms with Crippen LogP contribution in [0.5, 0.6) is 0 Å². The van der Waals surface area contributed by atoms with Gasteiger partial charge in [-0.1, -0.05) is 32.0 Å². The number of aryl methyl sites for hydroxylation is 3. The van der Waals surface area contributed by atoms with Crippen molar-refractivity contribution in [3.8, 4) is 11.3 Å². The predicted molar refractivity (Wildman–Crippen MR) is 98.8 cm³/mol. The number of rotatable bonds is 2. The summed E-state index contributed by atoms with van der Waals surface area (Å²) in [6.07, 6.45) is 2.03. The second-order valence-corrected chi connectivity index (χ2v) is 7.10. The Morgan fingerprint density at radius 1 is 0.958 bits per heavy atom. The summed E-state index contributed by atoms with van der Waals surface area (Å²) >= 11 is 0. The summed E-state index contributed by atoms with van der Waals surface area (Å²) in [6.45, 7) is 10.3. The lowest BCUT2D eigenvalue weighted by molar-refractivity contribution is -0.659. The van der Waals surface area contributed by atoms with Crippen LogP contribution in [0, 0.1) is 26.6 Å². The molecule has 3 aromatic rings. The van der Waals surface area contributed by atoms with E-state index in [1.165, 1.54) is 5.56 Å². The molecule has 0 fully saturated rings. The van der Waals surface area contributed by atoms with Crippen molar-refractivity contribution < 1.29 is 8.96 Å². The second-order valence-electron chi connectivity index (χ2n) is 7.10. The lowest BCUT2D eigenvalue weighted by atomic mass is 9.92. The van der Waals surface area contributed by atoms with Crippen LogP contribution < -0.4 is 4.57 Å². The average Bonchev–Trinajstić information content (AvgIpc) is 2.54. The van der Waals surface area contributed by atoms with Gasteiger partial charge in [0.2, 0.25) is 5.69 Å². The molecule has 0 radical (unpaired) electrons. The zero-order valence-electron chi connectivity index (χ0n) is 15.4. The summed E-state index contributed by atoms with van der Waals surface area (Å²) in [7, 11) is 1.99. The number of pyridine rings is 1. The molecule has 2 heteroatoms. The van der Waals surface area contributed by atoms with Gasteiger partial charge in [-0.3, -0.25) is 0 Å². The molecule has 0 atom stereocenters. The molecule has 2 aromatic carbocycles. The molecule has 0 bridgehead atoms. The molecule has 0 aliphatic carbocycles. The van der Waals surface area contributed by atoms with E-state index in [9.17, 15) is 0 Å². The Hall–Kier alpha value is -2.22. The molecule has 0 unspecified atom stereocenters. The third kappa shape index (κ3) is 2.60. The minimum absolute atomic E-state index is 0.117. The Kier molecular flexibility index (Phi) is 4.16. The lowest BCUT2D eigenvalue weighted by Gasteiger charge is -2.14. The van der Waals surface area contributed by atoms with Crippen molar-refractivity contribution >= 4 is 10.8 Å². The Morgan fingerprint density at radius 3 is 2.33 bits per heavy atom. The third-order valence-corrected chi connectivity index (χ3v) is 5.03. The maximum Gasteiger partial charge on any atom is 0.223 e. The average molecular weight is 322 g/mol. The van der Waals surface area contributed by atoms with E-state index >= 15 is 4.39 Å². The first-order valence-corrected chi connectivity index (χ1v) is 8.50. The molecule has 0 aliphatic rings. The van der Waals surface area contributed by atoms with E-state index in [1.54, 1.807) is 0 Å². The summed E-state index contributed by atoms with van der Waals surface area (Å²) in [5, 5.41) is 2.25. The van der Waals surface area contributed by atoms with E-state index in [2.05, 4.69) is 38.1 Å². The van der Waals surface area contributed by atoms with Gasteiger partial charge in [0.25, 0.3) is 0 Å². The van der Waals surface area contributed by atoms with E-state index < -0.39 is 0 Å². The highest BCUT2D eigenvalue weighted by Crippen LogP contribution is 2.34.